The quantitative estimate of drug-likeness (QED) is 0.711. The van der Waals surface area contributed by atoms with Crippen molar-refractivity contribution in [2.75, 3.05) is 7.11 Å². The van der Waals surface area contributed by atoms with Crippen molar-refractivity contribution < 1.29 is 14.1 Å². The smallest absolute Gasteiger partial charge is 0.360 e. The van der Waals surface area contributed by atoms with Crippen molar-refractivity contribution in [3.05, 3.63) is 23.6 Å². The molecule has 0 aliphatic heterocycles. The van der Waals surface area contributed by atoms with Gasteiger partial charge in [0.1, 0.15) is 6.54 Å². The SMILES string of the molecule is CCCc1c(C(=O)OC)nnn1Cc1ncno1. The van der Waals surface area contributed by atoms with E-state index >= 15 is 0 Å². The minimum absolute atomic E-state index is 0.235. The zero-order chi connectivity index (χ0) is 13.0. The first kappa shape index (κ1) is 12.2. The Morgan fingerprint density at radius 3 is 3.00 bits per heavy atom. The second-order valence-corrected chi connectivity index (χ2v) is 3.62. The van der Waals surface area contributed by atoms with Crippen LogP contribution in [0.15, 0.2) is 10.9 Å². The Morgan fingerprint density at radius 1 is 1.56 bits per heavy atom. The average Bonchev–Trinajstić information content (AvgIpc) is 3.01. The summed E-state index contributed by atoms with van der Waals surface area (Å²) in [6.45, 7) is 2.30. The zero-order valence-corrected chi connectivity index (χ0v) is 10.2. The van der Waals surface area contributed by atoms with Gasteiger partial charge in [-0.3, -0.25) is 0 Å². The molecule has 0 amide bonds. The van der Waals surface area contributed by atoms with Crippen molar-refractivity contribution in [1.82, 2.24) is 25.1 Å². The molecule has 18 heavy (non-hydrogen) atoms. The molecule has 0 aliphatic carbocycles. The van der Waals surface area contributed by atoms with Gasteiger partial charge < -0.3 is 9.26 Å². The molecule has 0 atom stereocenters. The molecule has 0 saturated carbocycles. The first-order valence-corrected chi connectivity index (χ1v) is 5.52. The molecule has 2 rings (SSSR count). The highest BCUT2D eigenvalue weighted by Gasteiger charge is 2.20. The molecule has 2 heterocycles. The minimum atomic E-state index is -0.491. The Balaban J connectivity index is 2.29. The van der Waals surface area contributed by atoms with Crippen LogP contribution in [0.1, 0.15) is 35.4 Å². The van der Waals surface area contributed by atoms with E-state index in [1.807, 2.05) is 6.92 Å². The van der Waals surface area contributed by atoms with Crippen molar-refractivity contribution >= 4 is 5.97 Å². The van der Waals surface area contributed by atoms with E-state index in [0.29, 0.717) is 24.6 Å². The van der Waals surface area contributed by atoms with Gasteiger partial charge in [0.05, 0.1) is 12.8 Å². The van der Waals surface area contributed by atoms with E-state index in [1.165, 1.54) is 13.4 Å². The van der Waals surface area contributed by atoms with Crippen molar-refractivity contribution in [3.8, 4) is 0 Å². The number of aromatic nitrogens is 5. The summed E-state index contributed by atoms with van der Waals surface area (Å²) in [5, 5.41) is 11.3. The van der Waals surface area contributed by atoms with Crippen LogP contribution >= 0.6 is 0 Å². The normalized spacial score (nSPS) is 10.6. The summed E-state index contributed by atoms with van der Waals surface area (Å²) in [5.74, 6) is -0.0797. The van der Waals surface area contributed by atoms with E-state index in [9.17, 15) is 4.79 Å². The number of methoxy groups -OCH3 is 1. The molecule has 2 aromatic rings. The van der Waals surface area contributed by atoms with Gasteiger partial charge in [0.15, 0.2) is 12.0 Å². The summed E-state index contributed by atoms with van der Waals surface area (Å²) in [6.07, 6.45) is 2.85. The van der Waals surface area contributed by atoms with Crippen molar-refractivity contribution in [2.24, 2.45) is 0 Å². The minimum Gasteiger partial charge on any atom is -0.464 e. The molecule has 0 fully saturated rings. The van der Waals surface area contributed by atoms with Gasteiger partial charge >= 0.3 is 5.97 Å². The molecule has 8 heteroatoms. The number of carbonyl (C=O) groups excluding carboxylic acids is 1. The standard InChI is InChI=1S/C10H13N5O3/c1-3-4-7-9(10(16)17-2)13-14-15(7)5-8-11-6-12-18-8/h6H,3-5H2,1-2H3. The number of ether oxygens (including phenoxy) is 1. The molecule has 0 unspecified atom stereocenters. The predicted octanol–water partition coefficient (Wildman–Crippen LogP) is 0.448. The van der Waals surface area contributed by atoms with Crippen molar-refractivity contribution in [1.29, 1.82) is 0 Å². The van der Waals surface area contributed by atoms with Gasteiger partial charge in [-0.05, 0) is 6.42 Å². The van der Waals surface area contributed by atoms with Gasteiger partial charge in [0, 0.05) is 0 Å². The van der Waals surface area contributed by atoms with Gasteiger partial charge in [-0.15, -0.1) is 5.10 Å². The molecule has 0 bridgehead atoms. The first-order chi connectivity index (χ1) is 8.76. The lowest BCUT2D eigenvalue weighted by Crippen LogP contribution is -2.10. The summed E-state index contributed by atoms with van der Waals surface area (Å²) in [7, 11) is 1.31. The molecule has 0 radical (unpaired) electrons. The Bertz CT molecular complexity index is 520. The molecule has 96 valence electrons. The fourth-order valence-electron chi connectivity index (χ4n) is 1.59. The Morgan fingerprint density at radius 2 is 2.39 bits per heavy atom. The van der Waals surface area contributed by atoms with Crippen LogP contribution < -0.4 is 0 Å². The van der Waals surface area contributed by atoms with Gasteiger partial charge in [-0.1, -0.05) is 23.7 Å². The van der Waals surface area contributed by atoms with Crippen molar-refractivity contribution in [3.63, 3.8) is 0 Å². The molecule has 0 N–H and O–H groups in total. The van der Waals surface area contributed by atoms with Crippen LogP contribution in [-0.2, 0) is 17.7 Å². The van der Waals surface area contributed by atoms with Gasteiger partial charge in [-0.25, -0.2) is 9.48 Å². The molecule has 0 aromatic carbocycles. The van der Waals surface area contributed by atoms with Crippen LogP contribution in [0.5, 0.6) is 0 Å². The molecule has 0 spiro atoms. The summed E-state index contributed by atoms with van der Waals surface area (Å²) in [4.78, 5) is 15.4. The molecular formula is C10H13N5O3. The summed E-state index contributed by atoms with van der Waals surface area (Å²) in [5.41, 5.74) is 0.946. The number of esters is 1. The van der Waals surface area contributed by atoms with E-state index in [-0.39, 0.29) is 5.69 Å². The lowest BCUT2D eigenvalue weighted by atomic mass is 10.2. The van der Waals surface area contributed by atoms with E-state index in [1.54, 1.807) is 4.68 Å². The number of nitrogens with zero attached hydrogens (tertiary/aromatic N) is 5. The largest absolute Gasteiger partial charge is 0.464 e. The van der Waals surface area contributed by atoms with Crippen molar-refractivity contribution in [2.45, 2.75) is 26.3 Å². The predicted molar refractivity (Wildman–Crippen MR) is 58.8 cm³/mol. The van der Waals surface area contributed by atoms with Crippen LogP contribution in [-0.4, -0.2) is 38.2 Å². The van der Waals surface area contributed by atoms with E-state index in [4.69, 9.17) is 4.52 Å². The molecule has 0 saturated heterocycles. The Hall–Kier alpha value is -2.25. The molecular weight excluding hydrogens is 238 g/mol. The third-order valence-electron chi connectivity index (χ3n) is 2.40. The number of hydrogen-bond donors (Lipinski definition) is 0. The zero-order valence-electron chi connectivity index (χ0n) is 10.2. The fraction of sp³-hybridized carbons (Fsp3) is 0.500. The highest BCUT2D eigenvalue weighted by Crippen LogP contribution is 2.11. The van der Waals surface area contributed by atoms with E-state index in [0.717, 1.165) is 6.42 Å². The second-order valence-electron chi connectivity index (χ2n) is 3.62. The van der Waals surface area contributed by atoms with Crippen LogP contribution in [0, 0.1) is 0 Å². The highest BCUT2D eigenvalue weighted by molar-refractivity contribution is 5.88. The molecule has 0 aliphatic rings. The maximum Gasteiger partial charge on any atom is 0.360 e. The molecule has 8 nitrogen and oxygen atoms in total. The monoisotopic (exact) mass is 251 g/mol. The highest BCUT2D eigenvalue weighted by atomic mass is 16.5. The van der Waals surface area contributed by atoms with E-state index < -0.39 is 5.97 Å². The van der Waals surface area contributed by atoms with Crippen LogP contribution in [0.3, 0.4) is 0 Å². The van der Waals surface area contributed by atoms with Crippen LogP contribution in [0.4, 0.5) is 0 Å². The van der Waals surface area contributed by atoms with Gasteiger partial charge in [-0.2, -0.15) is 4.98 Å². The average molecular weight is 251 g/mol. The maximum absolute atomic E-state index is 11.5. The Labute approximate surface area is 103 Å². The summed E-state index contributed by atoms with van der Waals surface area (Å²) >= 11 is 0. The third-order valence-corrected chi connectivity index (χ3v) is 2.40. The Kier molecular flexibility index (Phi) is 3.66. The third kappa shape index (κ3) is 2.36. The van der Waals surface area contributed by atoms with Crippen LogP contribution in [0.2, 0.25) is 0 Å². The lowest BCUT2D eigenvalue weighted by molar-refractivity contribution is 0.0592. The molecule has 2 aromatic heterocycles. The fourth-order valence-corrected chi connectivity index (χ4v) is 1.59. The number of hydrogen-bond acceptors (Lipinski definition) is 7. The first-order valence-electron chi connectivity index (χ1n) is 5.52. The second kappa shape index (κ2) is 5.39. The number of rotatable bonds is 5. The van der Waals surface area contributed by atoms with Gasteiger partial charge in [0.25, 0.3) is 0 Å². The topological polar surface area (TPSA) is 95.9 Å². The van der Waals surface area contributed by atoms with Crippen LogP contribution in [0.25, 0.3) is 0 Å². The van der Waals surface area contributed by atoms with Gasteiger partial charge in [0.2, 0.25) is 5.89 Å². The lowest BCUT2D eigenvalue weighted by Gasteiger charge is -2.03. The van der Waals surface area contributed by atoms with E-state index in [2.05, 4.69) is 25.2 Å². The summed E-state index contributed by atoms with van der Waals surface area (Å²) in [6, 6.07) is 0. The number of carbonyl (C=O) groups is 1. The summed E-state index contributed by atoms with van der Waals surface area (Å²) < 4.78 is 11.1. The maximum atomic E-state index is 11.5.